The van der Waals surface area contributed by atoms with Crippen molar-refractivity contribution in [1.29, 1.82) is 0 Å². The molecule has 0 bridgehead atoms. The first-order chi connectivity index (χ1) is 11.3. The Morgan fingerprint density at radius 3 is 2.78 bits per heavy atom. The highest BCUT2D eigenvalue weighted by Crippen LogP contribution is 2.49. The van der Waals surface area contributed by atoms with Crippen molar-refractivity contribution in [1.82, 2.24) is 0 Å². The van der Waals surface area contributed by atoms with Crippen LogP contribution in [0.15, 0.2) is 42.5 Å². The molecule has 1 fully saturated rings. The molecule has 23 heavy (non-hydrogen) atoms. The Morgan fingerprint density at radius 2 is 2.00 bits per heavy atom. The summed E-state index contributed by atoms with van der Waals surface area (Å²) in [6, 6.07) is 14.6. The SMILES string of the molecule is COc1ccc([C@@H]2Nc3ccc(Cl)cc3[C@H]3OCCC[C@H]32)cc1. The zero-order valence-corrected chi connectivity index (χ0v) is 13.8. The lowest BCUT2D eigenvalue weighted by Crippen LogP contribution is -2.35. The third kappa shape index (κ3) is 2.68. The van der Waals surface area contributed by atoms with E-state index >= 15 is 0 Å². The Labute approximate surface area is 141 Å². The molecule has 0 aliphatic carbocycles. The number of halogens is 1. The van der Waals surface area contributed by atoms with E-state index in [1.165, 1.54) is 11.1 Å². The van der Waals surface area contributed by atoms with Gasteiger partial charge in [0.25, 0.3) is 0 Å². The first-order valence-electron chi connectivity index (χ1n) is 8.08. The number of anilines is 1. The average molecular weight is 330 g/mol. The van der Waals surface area contributed by atoms with E-state index in [0.29, 0.717) is 5.92 Å². The Balaban J connectivity index is 1.73. The molecule has 0 saturated carbocycles. The van der Waals surface area contributed by atoms with Crippen LogP contribution in [0.25, 0.3) is 0 Å². The van der Waals surface area contributed by atoms with Gasteiger partial charge in [-0.15, -0.1) is 0 Å². The van der Waals surface area contributed by atoms with Gasteiger partial charge >= 0.3 is 0 Å². The summed E-state index contributed by atoms with van der Waals surface area (Å²) in [6.45, 7) is 0.822. The number of fused-ring (bicyclic) bond motifs is 3. The Hall–Kier alpha value is -1.71. The topological polar surface area (TPSA) is 30.5 Å². The van der Waals surface area contributed by atoms with Gasteiger partial charge in [-0.05, 0) is 48.7 Å². The summed E-state index contributed by atoms with van der Waals surface area (Å²) >= 11 is 6.20. The minimum Gasteiger partial charge on any atom is -0.497 e. The number of ether oxygens (including phenoxy) is 2. The minimum atomic E-state index is 0.116. The standard InChI is InChI=1S/C19H20ClNO2/c1-22-14-7-4-12(5-8-14)18-15-3-2-10-23-19(15)16-11-13(20)6-9-17(16)21-18/h4-9,11,15,18-19,21H,2-3,10H2,1H3/t15-,18-,19-/m0/s1. The summed E-state index contributed by atoms with van der Waals surface area (Å²) in [5, 5.41) is 4.46. The average Bonchev–Trinajstić information content (AvgIpc) is 2.61. The zero-order valence-electron chi connectivity index (χ0n) is 13.1. The first kappa shape index (κ1) is 14.9. The molecule has 4 rings (SSSR count). The van der Waals surface area contributed by atoms with Crippen molar-refractivity contribution >= 4 is 17.3 Å². The predicted octanol–water partition coefficient (Wildman–Crippen LogP) is 4.98. The van der Waals surface area contributed by atoms with Crippen LogP contribution in [0.5, 0.6) is 5.75 Å². The maximum absolute atomic E-state index is 6.20. The molecule has 120 valence electrons. The van der Waals surface area contributed by atoms with Crippen LogP contribution in [0.4, 0.5) is 5.69 Å². The van der Waals surface area contributed by atoms with Gasteiger partial charge in [0.1, 0.15) is 5.75 Å². The Bertz CT molecular complexity index is 701. The number of nitrogens with one attached hydrogen (secondary N) is 1. The number of hydrogen-bond acceptors (Lipinski definition) is 3. The summed E-state index contributed by atoms with van der Waals surface area (Å²) in [7, 11) is 1.69. The summed E-state index contributed by atoms with van der Waals surface area (Å²) in [6.07, 6.45) is 2.37. The maximum Gasteiger partial charge on any atom is 0.118 e. The van der Waals surface area contributed by atoms with Gasteiger partial charge < -0.3 is 14.8 Å². The second kappa shape index (κ2) is 6.06. The van der Waals surface area contributed by atoms with Gasteiger partial charge in [0.2, 0.25) is 0 Å². The van der Waals surface area contributed by atoms with Crippen LogP contribution >= 0.6 is 11.6 Å². The minimum absolute atomic E-state index is 0.116. The highest BCUT2D eigenvalue weighted by Gasteiger charge is 2.39. The van der Waals surface area contributed by atoms with E-state index in [1.54, 1.807) is 7.11 Å². The fourth-order valence-electron chi connectivity index (χ4n) is 3.78. The van der Waals surface area contributed by atoms with Crippen molar-refractivity contribution < 1.29 is 9.47 Å². The van der Waals surface area contributed by atoms with Crippen molar-refractivity contribution in [3.05, 3.63) is 58.6 Å². The van der Waals surface area contributed by atoms with Crippen molar-refractivity contribution in [2.45, 2.75) is 25.0 Å². The quantitative estimate of drug-likeness (QED) is 0.842. The molecular formula is C19H20ClNO2. The van der Waals surface area contributed by atoms with E-state index in [4.69, 9.17) is 21.1 Å². The highest BCUT2D eigenvalue weighted by molar-refractivity contribution is 6.30. The van der Waals surface area contributed by atoms with Crippen LogP contribution in [0.3, 0.4) is 0 Å². The highest BCUT2D eigenvalue weighted by atomic mass is 35.5. The van der Waals surface area contributed by atoms with Crippen LogP contribution < -0.4 is 10.1 Å². The molecule has 1 saturated heterocycles. The maximum atomic E-state index is 6.20. The Kier molecular flexibility index (Phi) is 3.92. The monoisotopic (exact) mass is 329 g/mol. The summed E-state index contributed by atoms with van der Waals surface area (Å²) < 4.78 is 11.4. The van der Waals surface area contributed by atoms with Crippen molar-refractivity contribution in [2.24, 2.45) is 5.92 Å². The van der Waals surface area contributed by atoms with Crippen molar-refractivity contribution in [2.75, 3.05) is 19.0 Å². The molecule has 0 aromatic heterocycles. The molecule has 1 N–H and O–H groups in total. The number of hydrogen-bond donors (Lipinski definition) is 1. The fourth-order valence-corrected chi connectivity index (χ4v) is 3.96. The molecular weight excluding hydrogens is 310 g/mol. The molecule has 2 aromatic rings. The van der Waals surface area contributed by atoms with E-state index in [9.17, 15) is 0 Å². The van der Waals surface area contributed by atoms with Crippen LogP contribution in [-0.4, -0.2) is 13.7 Å². The van der Waals surface area contributed by atoms with Gasteiger partial charge in [0.15, 0.2) is 0 Å². The van der Waals surface area contributed by atoms with Crippen LogP contribution in [0, 0.1) is 5.92 Å². The molecule has 2 aromatic carbocycles. The smallest absolute Gasteiger partial charge is 0.118 e. The zero-order chi connectivity index (χ0) is 15.8. The second-order valence-electron chi connectivity index (χ2n) is 6.22. The first-order valence-corrected chi connectivity index (χ1v) is 8.45. The van der Waals surface area contributed by atoms with Gasteiger partial charge in [-0.3, -0.25) is 0 Å². The molecule has 2 aliphatic rings. The van der Waals surface area contributed by atoms with Gasteiger partial charge in [-0.2, -0.15) is 0 Å². The number of methoxy groups -OCH3 is 1. The third-order valence-electron chi connectivity index (χ3n) is 4.90. The van der Waals surface area contributed by atoms with Crippen molar-refractivity contribution in [3.8, 4) is 5.75 Å². The lowest BCUT2D eigenvalue weighted by Gasteiger charge is -2.43. The molecule has 3 nitrogen and oxygen atoms in total. The molecule has 0 radical (unpaired) electrons. The van der Waals surface area contributed by atoms with Gasteiger partial charge in [0, 0.05) is 28.8 Å². The molecule has 2 aliphatic heterocycles. The van der Waals surface area contributed by atoms with Crippen LogP contribution in [0.2, 0.25) is 5.02 Å². The molecule has 0 amide bonds. The second-order valence-corrected chi connectivity index (χ2v) is 6.66. The largest absolute Gasteiger partial charge is 0.497 e. The normalized spacial score (nSPS) is 25.9. The van der Waals surface area contributed by atoms with Gasteiger partial charge in [-0.1, -0.05) is 23.7 Å². The van der Waals surface area contributed by atoms with Gasteiger partial charge in [-0.25, -0.2) is 0 Å². The molecule has 3 atom stereocenters. The summed E-state index contributed by atoms with van der Waals surface area (Å²) in [5.41, 5.74) is 3.58. The molecule has 0 unspecified atom stereocenters. The lowest BCUT2D eigenvalue weighted by molar-refractivity contribution is -0.0381. The molecule has 0 spiro atoms. The number of benzene rings is 2. The third-order valence-corrected chi connectivity index (χ3v) is 5.14. The van der Waals surface area contributed by atoms with Crippen LogP contribution in [-0.2, 0) is 4.74 Å². The van der Waals surface area contributed by atoms with E-state index in [2.05, 4.69) is 23.5 Å². The molecule has 2 heterocycles. The van der Waals surface area contributed by atoms with E-state index < -0.39 is 0 Å². The van der Waals surface area contributed by atoms with E-state index in [0.717, 1.165) is 35.9 Å². The van der Waals surface area contributed by atoms with Crippen molar-refractivity contribution in [3.63, 3.8) is 0 Å². The van der Waals surface area contributed by atoms with E-state index in [1.807, 2.05) is 24.3 Å². The number of rotatable bonds is 2. The molecule has 4 heteroatoms. The lowest BCUT2D eigenvalue weighted by atomic mass is 9.77. The van der Waals surface area contributed by atoms with Crippen LogP contribution in [0.1, 0.15) is 36.1 Å². The van der Waals surface area contributed by atoms with E-state index in [-0.39, 0.29) is 12.1 Å². The summed E-state index contributed by atoms with van der Waals surface area (Å²) in [4.78, 5) is 0. The fraction of sp³-hybridized carbons (Fsp3) is 0.368. The Morgan fingerprint density at radius 1 is 1.17 bits per heavy atom. The summed E-state index contributed by atoms with van der Waals surface area (Å²) in [5.74, 6) is 1.30. The predicted molar refractivity (Wildman–Crippen MR) is 92.2 cm³/mol. The van der Waals surface area contributed by atoms with Gasteiger partial charge in [0.05, 0.1) is 19.3 Å².